The van der Waals surface area contributed by atoms with Crippen molar-refractivity contribution in [3.05, 3.63) is 17.5 Å². The van der Waals surface area contributed by atoms with Gasteiger partial charge in [0.15, 0.2) is 0 Å². The van der Waals surface area contributed by atoms with Gasteiger partial charge in [-0.3, -0.25) is 9.48 Å². The largest absolute Gasteiger partial charge is 0.466 e. The van der Waals surface area contributed by atoms with Crippen LogP contribution in [0.25, 0.3) is 0 Å². The lowest BCUT2D eigenvalue weighted by Crippen LogP contribution is -2.27. The highest BCUT2D eigenvalue weighted by Gasteiger charge is 2.20. The van der Waals surface area contributed by atoms with Crippen molar-refractivity contribution in [1.82, 2.24) is 9.78 Å². The summed E-state index contributed by atoms with van der Waals surface area (Å²) in [6, 6.07) is 0. The van der Waals surface area contributed by atoms with Gasteiger partial charge in [0.2, 0.25) is 0 Å². The SMILES string of the molecule is CCOC(=O)C(CN)Cc1cn(C)nc1CC. The van der Waals surface area contributed by atoms with Crippen molar-refractivity contribution in [2.75, 3.05) is 13.2 Å². The van der Waals surface area contributed by atoms with Crippen LogP contribution in [0.4, 0.5) is 0 Å². The minimum absolute atomic E-state index is 0.221. The van der Waals surface area contributed by atoms with E-state index in [1.54, 1.807) is 11.6 Å². The van der Waals surface area contributed by atoms with Gasteiger partial charge in [0, 0.05) is 19.8 Å². The number of aromatic nitrogens is 2. The van der Waals surface area contributed by atoms with Gasteiger partial charge < -0.3 is 10.5 Å². The number of hydrogen-bond donors (Lipinski definition) is 1. The van der Waals surface area contributed by atoms with Crippen LogP contribution >= 0.6 is 0 Å². The molecule has 1 rings (SSSR count). The Balaban J connectivity index is 2.76. The first-order valence-corrected chi connectivity index (χ1v) is 6.00. The summed E-state index contributed by atoms with van der Waals surface area (Å²) >= 11 is 0. The summed E-state index contributed by atoms with van der Waals surface area (Å²) < 4.78 is 6.77. The molecule has 0 spiro atoms. The van der Waals surface area contributed by atoms with Crippen LogP contribution in [0, 0.1) is 5.92 Å². The van der Waals surface area contributed by atoms with Crippen molar-refractivity contribution in [1.29, 1.82) is 0 Å². The molecule has 1 aromatic heterocycles. The third kappa shape index (κ3) is 3.56. The fourth-order valence-electron chi connectivity index (χ4n) is 1.84. The zero-order chi connectivity index (χ0) is 12.8. The Morgan fingerprint density at radius 1 is 1.59 bits per heavy atom. The molecule has 0 aliphatic heterocycles. The Bertz CT molecular complexity index is 374. The van der Waals surface area contributed by atoms with Gasteiger partial charge in [-0.05, 0) is 25.3 Å². The summed E-state index contributed by atoms with van der Waals surface area (Å²) in [6.07, 6.45) is 3.41. The molecule has 0 fully saturated rings. The Labute approximate surface area is 102 Å². The number of hydrogen-bond acceptors (Lipinski definition) is 4. The number of nitrogens with zero attached hydrogens (tertiary/aromatic N) is 2. The van der Waals surface area contributed by atoms with Gasteiger partial charge in [-0.25, -0.2) is 0 Å². The normalized spacial score (nSPS) is 12.5. The van der Waals surface area contributed by atoms with Crippen LogP contribution in [-0.2, 0) is 29.4 Å². The van der Waals surface area contributed by atoms with E-state index in [9.17, 15) is 4.79 Å². The molecule has 0 aliphatic carbocycles. The number of aryl methyl sites for hydroxylation is 2. The Hall–Kier alpha value is -1.36. The third-order valence-corrected chi connectivity index (χ3v) is 2.70. The maximum Gasteiger partial charge on any atom is 0.310 e. The van der Waals surface area contributed by atoms with Gasteiger partial charge in [0.25, 0.3) is 0 Å². The number of rotatable bonds is 6. The van der Waals surface area contributed by atoms with Crippen LogP contribution in [0.2, 0.25) is 0 Å². The van der Waals surface area contributed by atoms with E-state index in [4.69, 9.17) is 10.5 Å². The van der Waals surface area contributed by atoms with Crippen LogP contribution in [0.3, 0.4) is 0 Å². The summed E-state index contributed by atoms with van der Waals surface area (Å²) in [4.78, 5) is 11.7. The van der Waals surface area contributed by atoms with E-state index < -0.39 is 0 Å². The monoisotopic (exact) mass is 239 g/mol. The second-order valence-electron chi connectivity index (χ2n) is 4.02. The molecule has 0 saturated carbocycles. The minimum atomic E-state index is -0.274. The van der Waals surface area contributed by atoms with Crippen molar-refractivity contribution >= 4 is 5.97 Å². The zero-order valence-electron chi connectivity index (χ0n) is 10.8. The lowest BCUT2D eigenvalue weighted by molar-refractivity contribution is -0.147. The first-order chi connectivity index (χ1) is 8.12. The Morgan fingerprint density at radius 3 is 2.82 bits per heavy atom. The van der Waals surface area contributed by atoms with Crippen LogP contribution < -0.4 is 5.73 Å². The molecule has 17 heavy (non-hydrogen) atoms. The molecule has 0 aromatic carbocycles. The first kappa shape index (κ1) is 13.7. The molecule has 5 heteroatoms. The number of nitrogens with two attached hydrogens (primary N) is 1. The van der Waals surface area contributed by atoms with E-state index in [1.165, 1.54) is 0 Å². The highest BCUT2D eigenvalue weighted by atomic mass is 16.5. The highest BCUT2D eigenvalue weighted by Crippen LogP contribution is 2.14. The number of esters is 1. The molecular formula is C12H21N3O2. The molecule has 5 nitrogen and oxygen atoms in total. The summed E-state index contributed by atoms with van der Waals surface area (Å²) in [7, 11) is 1.88. The Morgan fingerprint density at radius 2 is 2.29 bits per heavy atom. The topological polar surface area (TPSA) is 70.1 Å². The van der Waals surface area contributed by atoms with Crippen LogP contribution in [0.5, 0.6) is 0 Å². The van der Waals surface area contributed by atoms with E-state index >= 15 is 0 Å². The van der Waals surface area contributed by atoms with Crippen molar-refractivity contribution in [2.24, 2.45) is 18.7 Å². The number of carbonyl (C=O) groups excluding carboxylic acids is 1. The second kappa shape index (κ2) is 6.39. The predicted octanol–water partition coefficient (Wildman–Crippen LogP) is 0.663. The molecular weight excluding hydrogens is 218 g/mol. The van der Waals surface area contributed by atoms with E-state index in [-0.39, 0.29) is 11.9 Å². The van der Waals surface area contributed by atoms with Gasteiger partial charge in [0.05, 0.1) is 18.2 Å². The molecule has 0 radical (unpaired) electrons. The van der Waals surface area contributed by atoms with Crippen LogP contribution in [0.1, 0.15) is 25.1 Å². The van der Waals surface area contributed by atoms with Crippen LogP contribution in [-0.4, -0.2) is 28.9 Å². The predicted molar refractivity (Wildman–Crippen MR) is 65.5 cm³/mol. The fraction of sp³-hybridized carbons (Fsp3) is 0.667. The molecule has 1 aromatic rings. The lowest BCUT2D eigenvalue weighted by atomic mass is 9.99. The number of carbonyl (C=O) groups is 1. The van der Waals surface area contributed by atoms with Gasteiger partial charge >= 0.3 is 5.97 Å². The molecule has 2 N–H and O–H groups in total. The van der Waals surface area contributed by atoms with E-state index in [0.29, 0.717) is 19.6 Å². The van der Waals surface area contributed by atoms with E-state index in [1.807, 2.05) is 20.2 Å². The van der Waals surface area contributed by atoms with Crippen molar-refractivity contribution in [3.8, 4) is 0 Å². The number of ether oxygens (including phenoxy) is 1. The van der Waals surface area contributed by atoms with Crippen LogP contribution in [0.15, 0.2) is 6.20 Å². The average Bonchev–Trinajstić information content (AvgIpc) is 2.66. The summed E-state index contributed by atoms with van der Waals surface area (Å²) in [5, 5.41) is 4.35. The molecule has 0 saturated heterocycles. The molecule has 0 amide bonds. The summed E-state index contributed by atoms with van der Waals surface area (Å²) in [5.41, 5.74) is 7.73. The smallest absolute Gasteiger partial charge is 0.310 e. The van der Waals surface area contributed by atoms with Gasteiger partial charge in [-0.2, -0.15) is 5.10 Å². The molecule has 0 aliphatic rings. The van der Waals surface area contributed by atoms with Crippen molar-refractivity contribution in [2.45, 2.75) is 26.7 Å². The lowest BCUT2D eigenvalue weighted by Gasteiger charge is -2.12. The van der Waals surface area contributed by atoms with E-state index in [2.05, 4.69) is 5.10 Å². The molecule has 0 bridgehead atoms. The fourth-order valence-corrected chi connectivity index (χ4v) is 1.84. The zero-order valence-corrected chi connectivity index (χ0v) is 10.8. The summed E-state index contributed by atoms with van der Waals surface area (Å²) in [6.45, 7) is 4.54. The highest BCUT2D eigenvalue weighted by molar-refractivity contribution is 5.73. The molecule has 96 valence electrons. The molecule has 1 heterocycles. The van der Waals surface area contributed by atoms with Crippen molar-refractivity contribution < 1.29 is 9.53 Å². The van der Waals surface area contributed by atoms with Gasteiger partial charge in [0.1, 0.15) is 0 Å². The maximum absolute atomic E-state index is 11.7. The Kier molecular flexibility index (Phi) is 5.15. The second-order valence-corrected chi connectivity index (χ2v) is 4.02. The molecule has 1 unspecified atom stereocenters. The van der Waals surface area contributed by atoms with Gasteiger partial charge in [-0.15, -0.1) is 0 Å². The minimum Gasteiger partial charge on any atom is -0.466 e. The quantitative estimate of drug-likeness (QED) is 0.740. The van der Waals surface area contributed by atoms with E-state index in [0.717, 1.165) is 17.7 Å². The first-order valence-electron chi connectivity index (χ1n) is 6.00. The summed E-state index contributed by atoms with van der Waals surface area (Å²) in [5.74, 6) is -0.495. The third-order valence-electron chi connectivity index (χ3n) is 2.70. The van der Waals surface area contributed by atoms with Crippen molar-refractivity contribution in [3.63, 3.8) is 0 Å². The molecule has 1 atom stereocenters. The average molecular weight is 239 g/mol. The van der Waals surface area contributed by atoms with Gasteiger partial charge in [-0.1, -0.05) is 6.92 Å². The maximum atomic E-state index is 11.7. The standard InChI is InChI=1S/C12H21N3O2/c1-4-11-10(8-15(3)14-11)6-9(7-13)12(16)17-5-2/h8-9H,4-7,13H2,1-3H3.